The van der Waals surface area contributed by atoms with Crippen molar-refractivity contribution < 1.29 is 14.7 Å². The average Bonchev–Trinajstić information content (AvgIpc) is 2.82. The molecule has 0 aromatic carbocycles. The second-order valence-electron chi connectivity index (χ2n) is 6.21. The summed E-state index contributed by atoms with van der Waals surface area (Å²) >= 11 is 0. The Bertz CT molecular complexity index is 775. The highest BCUT2D eigenvalue weighted by molar-refractivity contribution is 6.00. The zero-order chi connectivity index (χ0) is 16.6. The van der Waals surface area contributed by atoms with E-state index in [0.717, 1.165) is 30.3 Å². The van der Waals surface area contributed by atoms with E-state index >= 15 is 0 Å². The molecule has 0 unspecified atom stereocenters. The van der Waals surface area contributed by atoms with Gasteiger partial charge >= 0.3 is 5.97 Å². The highest BCUT2D eigenvalue weighted by Crippen LogP contribution is 2.29. The highest BCUT2D eigenvalue weighted by Gasteiger charge is 2.41. The quantitative estimate of drug-likeness (QED) is 0.900. The first-order valence-corrected chi connectivity index (χ1v) is 7.78. The van der Waals surface area contributed by atoms with Gasteiger partial charge in [-0.25, -0.2) is 9.78 Å². The third-order valence-electron chi connectivity index (χ3n) is 4.59. The number of aromatic nitrogens is 3. The van der Waals surface area contributed by atoms with E-state index < -0.39 is 17.4 Å². The number of rotatable bonds is 3. The molecule has 1 amide bonds. The predicted octanol–water partition coefficient (Wildman–Crippen LogP) is 1.79. The van der Waals surface area contributed by atoms with Crippen LogP contribution < -0.4 is 5.32 Å². The predicted molar refractivity (Wildman–Crippen MR) is 84.2 cm³/mol. The molecule has 2 heterocycles. The summed E-state index contributed by atoms with van der Waals surface area (Å²) in [5.41, 5.74) is 0.689. The number of nitrogens with zero attached hydrogens (tertiary/aromatic N) is 3. The van der Waals surface area contributed by atoms with Gasteiger partial charge in [0.15, 0.2) is 5.65 Å². The number of pyridine rings is 1. The first kappa shape index (κ1) is 15.5. The molecule has 0 saturated heterocycles. The lowest BCUT2D eigenvalue weighted by molar-refractivity contribution is -0.145. The molecule has 7 nitrogen and oxygen atoms in total. The first-order valence-electron chi connectivity index (χ1n) is 7.78. The summed E-state index contributed by atoms with van der Waals surface area (Å²) in [6.07, 6.45) is 5.03. The second kappa shape index (κ2) is 5.64. The van der Waals surface area contributed by atoms with Crippen molar-refractivity contribution in [2.24, 2.45) is 7.05 Å². The van der Waals surface area contributed by atoms with Crippen LogP contribution in [0.15, 0.2) is 12.3 Å². The van der Waals surface area contributed by atoms with Gasteiger partial charge < -0.3 is 10.4 Å². The van der Waals surface area contributed by atoms with Gasteiger partial charge in [-0.05, 0) is 25.8 Å². The van der Waals surface area contributed by atoms with Crippen molar-refractivity contribution in [1.82, 2.24) is 20.1 Å². The van der Waals surface area contributed by atoms with Crippen LogP contribution in [0.1, 0.15) is 48.2 Å². The fraction of sp³-hybridized carbons (Fsp3) is 0.500. The SMILES string of the molecule is Cc1nn(C)c2ncc(C(=O)NC3(C(=O)O)CCCCC3)cc12. The van der Waals surface area contributed by atoms with Gasteiger partial charge in [0.25, 0.3) is 5.91 Å². The maximum absolute atomic E-state index is 12.5. The molecule has 0 radical (unpaired) electrons. The van der Waals surface area contributed by atoms with Crippen molar-refractivity contribution >= 4 is 22.9 Å². The Morgan fingerprint density at radius 1 is 1.30 bits per heavy atom. The summed E-state index contributed by atoms with van der Waals surface area (Å²) in [4.78, 5) is 28.5. The number of carboxylic acid groups (broad SMARTS) is 1. The molecule has 2 N–H and O–H groups in total. The van der Waals surface area contributed by atoms with Gasteiger partial charge in [0, 0.05) is 18.6 Å². The molecule has 1 fully saturated rings. The van der Waals surface area contributed by atoms with Crippen LogP contribution in [0.25, 0.3) is 11.0 Å². The summed E-state index contributed by atoms with van der Waals surface area (Å²) in [6.45, 7) is 1.85. The number of aliphatic carboxylic acids is 1. The van der Waals surface area contributed by atoms with Crippen molar-refractivity contribution in [3.05, 3.63) is 23.5 Å². The van der Waals surface area contributed by atoms with Gasteiger partial charge in [-0.1, -0.05) is 19.3 Å². The number of aryl methyl sites for hydroxylation is 2. The zero-order valence-electron chi connectivity index (χ0n) is 13.3. The Hall–Kier alpha value is -2.44. The van der Waals surface area contributed by atoms with Crippen LogP contribution in [0.4, 0.5) is 0 Å². The number of nitrogens with one attached hydrogen (secondary N) is 1. The second-order valence-corrected chi connectivity index (χ2v) is 6.21. The molecule has 0 spiro atoms. The minimum atomic E-state index is -1.16. The maximum Gasteiger partial charge on any atom is 0.329 e. The van der Waals surface area contributed by atoms with Crippen LogP contribution in [0.2, 0.25) is 0 Å². The largest absolute Gasteiger partial charge is 0.480 e. The van der Waals surface area contributed by atoms with Gasteiger partial charge in [-0.3, -0.25) is 9.48 Å². The van der Waals surface area contributed by atoms with Crippen LogP contribution in [0, 0.1) is 6.92 Å². The van der Waals surface area contributed by atoms with Crippen LogP contribution in [0.5, 0.6) is 0 Å². The maximum atomic E-state index is 12.5. The van der Waals surface area contributed by atoms with E-state index in [0.29, 0.717) is 24.1 Å². The lowest BCUT2D eigenvalue weighted by Crippen LogP contribution is -2.55. The Labute approximate surface area is 133 Å². The summed E-state index contributed by atoms with van der Waals surface area (Å²) in [5, 5.41) is 17.4. The normalized spacial score (nSPS) is 17.1. The molecule has 2 aromatic rings. The van der Waals surface area contributed by atoms with Crippen LogP contribution in [0.3, 0.4) is 0 Å². The standard InChI is InChI=1S/C16H20N4O3/c1-10-12-8-11(9-17-13(12)20(2)19-10)14(21)18-16(15(22)23)6-4-3-5-7-16/h8-9H,3-7H2,1-2H3,(H,18,21)(H,22,23). The fourth-order valence-corrected chi connectivity index (χ4v) is 3.27. The number of hydrogen-bond donors (Lipinski definition) is 2. The van der Waals surface area contributed by atoms with E-state index in [-0.39, 0.29) is 0 Å². The molecular formula is C16H20N4O3. The van der Waals surface area contributed by atoms with E-state index in [1.54, 1.807) is 17.8 Å². The summed E-state index contributed by atoms with van der Waals surface area (Å²) < 4.78 is 1.66. The monoisotopic (exact) mass is 316 g/mol. The highest BCUT2D eigenvalue weighted by atomic mass is 16.4. The molecular weight excluding hydrogens is 296 g/mol. The van der Waals surface area contributed by atoms with Gasteiger partial charge in [0.05, 0.1) is 11.3 Å². The molecule has 0 bridgehead atoms. The van der Waals surface area contributed by atoms with Crippen LogP contribution in [-0.4, -0.2) is 37.3 Å². The summed E-state index contributed by atoms with van der Waals surface area (Å²) in [6, 6.07) is 1.72. The number of carbonyl (C=O) groups excluding carboxylic acids is 1. The molecule has 1 aliphatic rings. The van der Waals surface area contributed by atoms with Gasteiger partial charge in [0.2, 0.25) is 0 Å². The minimum absolute atomic E-state index is 0.361. The molecule has 2 aromatic heterocycles. The van der Waals surface area contributed by atoms with Crippen LogP contribution in [-0.2, 0) is 11.8 Å². The number of hydrogen-bond acceptors (Lipinski definition) is 4. The van der Waals surface area contributed by atoms with Crippen molar-refractivity contribution in [3.63, 3.8) is 0 Å². The Morgan fingerprint density at radius 2 is 2.00 bits per heavy atom. The van der Waals surface area contributed by atoms with E-state index in [2.05, 4.69) is 15.4 Å². The fourth-order valence-electron chi connectivity index (χ4n) is 3.27. The van der Waals surface area contributed by atoms with Crippen molar-refractivity contribution in [2.75, 3.05) is 0 Å². The third kappa shape index (κ3) is 2.67. The molecule has 1 aliphatic carbocycles. The number of carbonyl (C=O) groups is 2. The smallest absolute Gasteiger partial charge is 0.329 e. The van der Waals surface area contributed by atoms with E-state index in [1.807, 2.05) is 6.92 Å². The molecule has 23 heavy (non-hydrogen) atoms. The lowest BCUT2D eigenvalue weighted by Gasteiger charge is -2.33. The molecule has 0 atom stereocenters. The molecule has 7 heteroatoms. The third-order valence-corrected chi connectivity index (χ3v) is 4.59. The Kier molecular flexibility index (Phi) is 3.79. The average molecular weight is 316 g/mol. The Morgan fingerprint density at radius 3 is 2.65 bits per heavy atom. The van der Waals surface area contributed by atoms with E-state index in [1.165, 1.54) is 6.20 Å². The van der Waals surface area contributed by atoms with E-state index in [4.69, 9.17) is 0 Å². The van der Waals surface area contributed by atoms with Gasteiger partial charge in [0.1, 0.15) is 5.54 Å². The Balaban J connectivity index is 1.90. The topological polar surface area (TPSA) is 97.1 Å². The van der Waals surface area contributed by atoms with Crippen LogP contribution >= 0.6 is 0 Å². The molecule has 122 valence electrons. The first-order chi connectivity index (χ1) is 10.9. The van der Waals surface area contributed by atoms with Gasteiger partial charge in [-0.2, -0.15) is 5.10 Å². The lowest BCUT2D eigenvalue weighted by atomic mass is 9.81. The summed E-state index contributed by atoms with van der Waals surface area (Å²) in [7, 11) is 1.80. The van der Waals surface area contributed by atoms with Crippen molar-refractivity contribution in [2.45, 2.75) is 44.6 Å². The minimum Gasteiger partial charge on any atom is -0.480 e. The molecule has 0 aliphatic heterocycles. The molecule has 1 saturated carbocycles. The molecule has 3 rings (SSSR count). The zero-order valence-corrected chi connectivity index (χ0v) is 13.3. The van der Waals surface area contributed by atoms with Crippen molar-refractivity contribution in [3.8, 4) is 0 Å². The number of fused-ring (bicyclic) bond motifs is 1. The van der Waals surface area contributed by atoms with Crippen molar-refractivity contribution in [1.29, 1.82) is 0 Å². The van der Waals surface area contributed by atoms with E-state index in [9.17, 15) is 14.7 Å². The number of amides is 1. The summed E-state index contributed by atoms with van der Waals surface area (Å²) in [5.74, 6) is -1.36. The number of carboxylic acids is 1. The van der Waals surface area contributed by atoms with Gasteiger partial charge in [-0.15, -0.1) is 0 Å².